The molecule has 1 aliphatic heterocycles. The highest BCUT2D eigenvalue weighted by molar-refractivity contribution is 5.77. The number of carbonyl (C=O) groups is 1. The fourth-order valence-electron chi connectivity index (χ4n) is 3.08. The van der Waals surface area contributed by atoms with Crippen molar-refractivity contribution in [2.75, 3.05) is 6.54 Å². The largest absolute Gasteiger partial charge is 0.348 e. The van der Waals surface area contributed by atoms with Crippen molar-refractivity contribution in [1.29, 1.82) is 0 Å². The number of hydrogen-bond donors (Lipinski definition) is 0. The minimum Gasteiger partial charge on any atom is -0.348 e. The van der Waals surface area contributed by atoms with Crippen molar-refractivity contribution >= 4 is 6.03 Å². The van der Waals surface area contributed by atoms with Gasteiger partial charge in [0, 0.05) is 12.4 Å². The van der Waals surface area contributed by atoms with Crippen LogP contribution in [0, 0.1) is 0 Å². The molecular formula is C16H27N3O2. The summed E-state index contributed by atoms with van der Waals surface area (Å²) in [4.78, 5) is 18.5. The van der Waals surface area contributed by atoms with E-state index in [1.165, 1.54) is 23.8 Å². The van der Waals surface area contributed by atoms with E-state index < -0.39 is 5.72 Å². The Bertz CT molecular complexity index is 470. The summed E-state index contributed by atoms with van der Waals surface area (Å²) in [5.74, 6) is 0. The van der Waals surface area contributed by atoms with E-state index in [0.29, 0.717) is 6.54 Å². The fourth-order valence-corrected chi connectivity index (χ4v) is 3.08. The van der Waals surface area contributed by atoms with Gasteiger partial charge in [0.25, 0.3) is 0 Å². The van der Waals surface area contributed by atoms with E-state index in [2.05, 4.69) is 11.9 Å². The number of rotatable bonds is 5. The molecule has 0 saturated carbocycles. The zero-order valence-electron chi connectivity index (χ0n) is 13.6. The molecule has 0 aliphatic carbocycles. The lowest BCUT2D eigenvalue weighted by Gasteiger charge is -2.34. The van der Waals surface area contributed by atoms with Gasteiger partial charge in [-0.25, -0.2) is 9.78 Å². The molecule has 1 aromatic rings. The molecule has 2 rings (SSSR count). The molecule has 0 aromatic carbocycles. The van der Waals surface area contributed by atoms with Crippen LogP contribution >= 0.6 is 0 Å². The van der Waals surface area contributed by atoms with Gasteiger partial charge in [0.15, 0.2) is 0 Å². The van der Waals surface area contributed by atoms with Crippen LogP contribution in [0.3, 0.4) is 0 Å². The summed E-state index contributed by atoms with van der Waals surface area (Å²) in [6.45, 7) is 8.92. The topological polar surface area (TPSA) is 47.4 Å². The average molecular weight is 293 g/mol. The van der Waals surface area contributed by atoms with Crippen molar-refractivity contribution in [3.63, 3.8) is 0 Å². The molecule has 0 bridgehead atoms. The Labute approximate surface area is 127 Å². The van der Waals surface area contributed by atoms with Gasteiger partial charge in [0.2, 0.25) is 0 Å². The van der Waals surface area contributed by atoms with Crippen LogP contribution < -0.4 is 0 Å². The summed E-state index contributed by atoms with van der Waals surface area (Å²) in [5, 5.41) is 0. The van der Waals surface area contributed by atoms with E-state index in [1.807, 2.05) is 25.7 Å². The van der Waals surface area contributed by atoms with Gasteiger partial charge < -0.3 is 4.74 Å². The average Bonchev–Trinajstić information content (AvgIpc) is 3.00. The van der Waals surface area contributed by atoms with Crippen molar-refractivity contribution < 1.29 is 9.53 Å². The minimum atomic E-state index is -0.529. The zero-order chi connectivity index (χ0) is 15.5. The Morgan fingerprint density at radius 3 is 2.67 bits per heavy atom. The first-order valence-electron chi connectivity index (χ1n) is 7.88. The monoisotopic (exact) mass is 293 g/mol. The highest BCUT2D eigenvalue weighted by Crippen LogP contribution is 2.37. The van der Waals surface area contributed by atoms with Gasteiger partial charge in [-0.1, -0.05) is 26.2 Å². The molecule has 0 N–H and O–H groups in total. The number of imidazole rings is 1. The molecule has 1 unspecified atom stereocenters. The van der Waals surface area contributed by atoms with Gasteiger partial charge in [-0.05, 0) is 33.6 Å². The summed E-state index contributed by atoms with van der Waals surface area (Å²) >= 11 is 0. The van der Waals surface area contributed by atoms with E-state index in [9.17, 15) is 4.79 Å². The van der Waals surface area contributed by atoms with Gasteiger partial charge >= 0.3 is 6.03 Å². The van der Waals surface area contributed by atoms with Gasteiger partial charge in [-0.15, -0.1) is 0 Å². The van der Waals surface area contributed by atoms with Gasteiger partial charge in [-0.2, -0.15) is 0 Å². The third-order valence-electron chi connectivity index (χ3n) is 4.06. The standard InChI is InChI=1S/C16H27N3O2/c1-5-6-7-8-9-16(4)19(12-15(2,3)21-16)14(20)18-11-10-17-13-18/h10-11,13H,5-9,12H2,1-4H3. The number of nitrogens with zero attached hydrogens (tertiary/aromatic N) is 3. The lowest BCUT2D eigenvalue weighted by molar-refractivity contribution is -0.111. The second kappa shape index (κ2) is 6.18. The predicted molar refractivity (Wildman–Crippen MR) is 82.1 cm³/mol. The Kier molecular flexibility index (Phi) is 4.71. The van der Waals surface area contributed by atoms with Crippen LogP contribution in [0.25, 0.3) is 0 Å². The van der Waals surface area contributed by atoms with Crippen LogP contribution in [0.5, 0.6) is 0 Å². The predicted octanol–water partition coefficient (Wildman–Crippen LogP) is 3.65. The summed E-state index contributed by atoms with van der Waals surface area (Å²) in [7, 11) is 0. The fraction of sp³-hybridized carbons (Fsp3) is 0.750. The van der Waals surface area contributed by atoms with Crippen LogP contribution in [0.15, 0.2) is 18.7 Å². The van der Waals surface area contributed by atoms with Crippen molar-refractivity contribution in [2.45, 2.75) is 71.1 Å². The number of carbonyl (C=O) groups excluding carboxylic acids is 1. The molecule has 2 heterocycles. The molecule has 0 spiro atoms. The van der Waals surface area contributed by atoms with Gasteiger partial charge in [0.1, 0.15) is 12.1 Å². The molecule has 1 aromatic heterocycles. The van der Waals surface area contributed by atoms with E-state index in [4.69, 9.17) is 4.74 Å². The molecule has 0 radical (unpaired) electrons. The summed E-state index contributed by atoms with van der Waals surface area (Å²) in [5.41, 5.74) is -0.839. The van der Waals surface area contributed by atoms with Crippen LogP contribution in [0.4, 0.5) is 4.79 Å². The van der Waals surface area contributed by atoms with Crippen LogP contribution in [-0.2, 0) is 4.74 Å². The van der Waals surface area contributed by atoms with Crippen LogP contribution in [-0.4, -0.2) is 38.4 Å². The Morgan fingerprint density at radius 2 is 2.05 bits per heavy atom. The van der Waals surface area contributed by atoms with Crippen molar-refractivity contribution in [3.05, 3.63) is 18.7 Å². The minimum absolute atomic E-state index is 0.0592. The molecule has 1 fully saturated rings. The van der Waals surface area contributed by atoms with E-state index >= 15 is 0 Å². The lowest BCUT2D eigenvalue weighted by Crippen LogP contribution is -2.47. The third-order valence-corrected chi connectivity index (χ3v) is 4.06. The molecule has 118 valence electrons. The summed E-state index contributed by atoms with van der Waals surface area (Å²) < 4.78 is 7.74. The van der Waals surface area contributed by atoms with Gasteiger partial charge in [0.05, 0.1) is 12.1 Å². The summed E-state index contributed by atoms with van der Waals surface area (Å²) in [6.07, 6.45) is 10.4. The second-order valence-electron chi connectivity index (χ2n) is 6.69. The van der Waals surface area contributed by atoms with Crippen molar-refractivity contribution in [3.8, 4) is 0 Å². The maximum Gasteiger partial charge on any atom is 0.331 e. The zero-order valence-corrected chi connectivity index (χ0v) is 13.6. The first kappa shape index (κ1) is 16.0. The molecule has 21 heavy (non-hydrogen) atoms. The van der Waals surface area contributed by atoms with Crippen LogP contribution in [0.1, 0.15) is 59.8 Å². The first-order chi connectivity index (χ1) is 9.88. The Hall–Kier alpha value is -1.36. The smallest absolute Gasteiger partial charge is 0.331 e. The molecule has 1 amide bonds. The molecular weight excluding hydrogens is 266 g/mol. The van der Waals surface area contributed by atoms with E-state index in [-0.39, 0.29) is 11.6 Å². The normalized spacial score (nSPS) is 24.5. The highest BCUT2D eigenvalue weighted by atomic mass is 16.6. The number of hydrogen-bond acceptors (Lipinski definition) is 3. The second-order valence-corrected chi connectivity index (χ2v) is 6.69. The maximum absolute atomic E-state index is 12.7. The Morgan fingerprint density at radius 1 is 1.29 bits per heavy atom. The van der Waals surface area contributed by atoms with Crippen molar-refractivity contribution in [2.24, 2.45) is 0 Å². The number of ether oxygens (including phenoxy) is 1. The van der Waals surface area contributed by atoms with Crippen molar-refractivity contribution in [1.82, 2.24) is 14.5 Å². The highest BCUT2D eigenvalue weighted by Gasteiger charge is 2.49. The molecule has 5 nitrogen and oxygen atoms in total. The lowest BCUT2D eigenvalue weighted by atomic mass is 10.0. The first-order valence-corrected chi connectivity index (χ1v) is 7.88. The quantitative estimate of drug-likeness (QED) is 0.779. The summed E-state index contributed by atoms with van der Waals surface area (Å²) in [6, 6.07) is -0.0592. The van der Waals surface area contributed by atoms with Gasteiger partial charge in [-0.3, -0.25) is 9.47 Å². The molecule has 1 atom stereocenters. The van der Waals surface area contributed by atoms with Crippen LogP contribution in [0.2, 0.25) is 0 Å². The molecule has 5 heteroatoms. The molecule has 1 aliphatic rings. The number of unbranched alkanes of at least 4 members (excludes halogenated alkanes) is 3. The third kappa shape index (κ3) is 3.64. The maximum atomic E-state index is 12.7. The van der Waals surface area contributed by atoms with E-state index in [1.54, 1.807) is 18.7 Å². The SMILES string of the molecule is CCCCCCC1(C)OC(C)(C)CN1C(=O)n1ccnc1. The number of amides is 1. The molecule has 1 saturated heterocycles. The van der Waals surface area contributed by atoms with E-state index in [0.717, 1.165) is 12.8 Å². The number of aromatic nitrogens is 2. The Balaban J connectivity index is 2.10.